The molecule has 2 fully saturated rings. The summed E-state index contributed by atoms with van der Waals surface area (Å²) in [5.41, 5.74) is 1.61. The standard InChI is InChI=1S/C22H23ClN4OS/c23-17-6-3-5-16(15-17)22(8-1-2-9-22)20(28)26-11-13-27(14-12-26)21-25-18-7-4-10-24-19(18)29-21/h3-7,10,15H,1-2,8-9,11-14H2. The maximum Gasteiger partial charge on any atom is 0.233 e. The lowest BCUT2D eigenvalue weighted by Crippen LogP contribution is -2.54. The molecule has 1 aliphatic carbocycles. The molecule has 3 aromatic rings. The first-order valence-corrected chi connectivity index (χ1v) is 11.4. The number of fused-ring (bicyclic) bond motifs is 1. The summed E-state index contributed by atoms with van der Waals surface area (Å²) in [6.45, 7) is 3.06. The van der Waals surface area contributed by atoms with E-state index < -0.39 is 5.41 Å². The quantitative estimate of drug-likeness (QED) is 0.618. The second-order valence-electron chi connectivity index (χ2n) is 7.90. The van der Waals surface area contributed by atoms with Crippen LogP contribution in [0.2, 0.25) is 5.02 Å². The fourth-order valence-electron chi connectivity index (χ4n) is 4.69. The van der Waals surface area contributed by atoms with E-state index in [0.29, 0.717) is 5.02 Å². The van der Waals surface area contributed by atoms with E-state index in [9.17, 15) is 4.79 Å². The van der Waals surface area contributed by atoms with Gasteiger partial charge in [0.05, 0.1) is 5.41 Å². The normalized spacial score (nSPS) is 19.1. The number of rotatable bonds is 3. The van der Waals surface area contributed by atoms with E-state index in [1.54, 1.807) is 17.5 Å². The highest BCUT2D eigenvalue weighted by Crippen LogP contribution is 2.43. The number of carbonyl (C=O) groups excluding carboxylic acids is 1. The fraction of sp³-hybridized carbons (Fsp3) is 0.409. The highest BCUT2D eigenvalue weighted by atomic mass is 35.5. The second-order valence-corrected chi connectivity index (χ2v) is 9.30. The van der Waals surface area contributed by atoms with Gasteiger partial charge in [-0.1, -0.05) is 47.9 Å². The van der Waals surface area contributed by atoms with Crippen LogP contribution in [0.5, 0.6) is 0 Å². The van der Waals surface area contributed by atoms with Crippen molar-refractivity contribution in [2.45, 2.75) is 31.1 Å². The Morgan fingerprint density at radius 2 is 1.86 bits per heavy atom. The van der Waals surface area contributed by atoms with Crippen molar-refractivity contribution in [1.82, 2.24) is 14.9 Å². The van der Waals surface area contributed by atoms with Gasteiger partial charge in [-0.3, -0.25) is 4.79 Å². The molecule has 5 nitrogen and oxygen atoms in total. The number of hydrogen-bond acceptors (Lipinski definition) is 5. The minimum atomic E-state index is -0.410. The van der Waals surface area contributed by atoms with E-state index >= 15 is 0 Å². The Hall–Kier alpha value is -2.18. The van der Waals surface area contributed by atoms with E-state index in [2.05, 4.69) is 16.0 Å². The van der Waals surface area contributed by atoms with Crippen molar-refractivity contribution in [2.24, 2.45) is 0 Å². The number of piperazine rings is 1. The molecule has 1 aromatic carbocycles. The number of amides is 1. The van der Waals surface area contributed by atoms with Crippen LogP contribution in [0.1, 0.15) is 31.2 Å². The molecule has 0 N–H and O–H groups in total. The largest absolute Gasteiger partial charge is 0.344 e. The third-order valence-electron chi connectivity index (χ3n) is 6.24. The molecule has 29 heavy (non-hydrogen) atoms. The summed E-state index contributed by atoms with van der Waals surface area (Å²) in [5, 5.41) is 1.70. The zero-order valence-electron chi connectivity index (χ0n) is 16.2. The molecular formula is C22H23ClN4OS. The fourth-order valence-corrected chi connectivity index (χ4v) is 5.84. The molecule has 5 rings (SSSR count). The molecule has 0 radical (unpaired) electrons. The van der Waals surface area contributed by atoms with E-state index in [4.69, 9.17) is 16.6 Å². The number of nitrogens with zero attached hydrogens (tertiary/aromatic N) is 4. The van der Waals surface area contributed by atoms with Crippen molar-refractivity contribution in [3.05, 3.63) is 53.2 Å². The molecule has 1 amide bonds. The zero-order chi connectivity index (χ0) is 19.8. The lowest BCUT2D eigenvalue weighted by molar-refractivity contribution is -0.137. The van der Waals surface area contributed by atoms with Crippen LogP contribution in [0.25, 0.3) is 10.3 Å². The summed E-state index contributed by atoms with van der Waals surface area (Å²) in [7, 11) is 0. The summed E-state index contributed by atoms with van der Waals surface area (Å²) >= 11 is 7.88. The minimum Gasteiger partial charge on any atom is -0.344 e. The number of hydrogen-bond donors (Lipinski definition) is 0. The number of carbonyl (C=O) groups is 1. The molecule has 3 heterocycles. The third-order valence-corrected chi connectivity index (χ3v) is 7.51. The van der Waals surface area contributed by atoms with Gasteiger partial charge >= 0.3 is 0 Å². The van der Waals surface area contributed by atoms with Crippen LogP contribution < -0.4 is 4.90 Å². The maximum atomic E-state index is 13.7. The van der Waals surface area contributed by atoms with Crippen LogP contribution in [0.15, 0.2) is 42.6 Å². The van der Waals surface area contributed by atoms with E-state index in [0.717, 1.165) is 72.9 Å². The van der Waals surface area contributed by atoms with Crippen LogP contribution in [-0.4, -0.2) is 47.0 Å². The number of thiazole rings is 1. The van der Waals surface area contributed by atoms with Gasteiger partial charge in [-0.05, 0) is 42.7 Å². The van der Waals surface area contributed by atoms with Gasteiger partial charge in [-0.2, -0.15) is 0 Å². The van der Waals surface area contributed by atoms with Gasteiger partial charge in [-0.15, -0.1) is 0 Å². The molecule has 150 valence electrons. The Bertz CT molecular complexity index is 1000. The molecule has 1 aliphatic heterocycles. The molecule has 0 atom stereocenters. The summed E-state index contributed by atoms with van der Waals surface area (Å²) < 4.78 is 0. The molecule has 2 aromatic heterocycles. The molecule has 1 saturated carbocycles. The number of aromatic nitrogens is 2. The molecule has 7 heteroatoms. The summed E-state index contributed by atoms with van der Waals surface area (Å²) in [6, 6.07) is 11.8. The number of benzene rings is 1. The van der Waals surface area contributed by atoms with Crippen molar-refractivity contribution in [3.63, 3.8) is 0 Å². The minimum absolute atomic E-state index is 0.267. The molecule has 2 aliphatic rings. The van der Waals surface area contributed by atoms with Crippen LogP contribution in [-0.2, 0) is 10.2 Å². The maximum absolute atomic E-state index is 13.7. The summed E-state index contributed by atoms with van der Waals surface area (Å²) in [6.07, 6.45) is 5.82. The predicted molar refractivity (Wildman–Crippen MR) is 118 cm³/mol. The van der Waals surface area contributed by atoms with E-state index in [-0.39, 0.29) is 5.91 Å². The Balaban J connectivity index is 1.33. The first-order valence-electron chi connectivity index (χ1n) is 10.2. The van der Waals surface area contributed by atoms with Gasteiger partial charge in [-0.25, -0.2) is 9.97 Å². The van der Waals surface area contributed by atoms with Gasteiger partial charge in [0.15, 0.2) is 5.13 Å². The smallest absolute Gasteiger partial charge is 0.233 e. The van der Waals surface area contributed by atoms with E-state index in [1.807, 2.05) is 35.2 Å². The molecule has 0 unspecified atom stereocenters. The lowest BCUT2D eigenvalue weighted by Gasteiger charge is -2.40. The van der Waals surface area contributed by atoms with Gasteiger partial charge in [0, 0.05) is 37.4 Å². The highest BCUT2D eigenvalue weighted by Gasteiger charge is 2.45. The third kappa shape index (κ3) is 3.38. The summed E-state index contributed by atoms with van der Waals surface area (Å²) in [5.74, 6) is 0.267. The highest BCUT2D eigenvalue weighted by molar-refractivity contribution is 7.21. The SMILES string of the molecule is O=C(N1CCN(c2nc3cccnc3s2)CC1)C1(c2cccc(Cl)c2)CCCC1. The lowest BCUT2D eigenvalue weighted by atomic mass is 9.77. The van der Waals surface area contributed by atoms with Crippen molar-refractivity contribution >= 4 is 44.3 Å². The average molecular weight is 427 g/mol. The Morgan fingerprint density at radius 3 is 2.59 bits per heavy atom. The van der Waals surface area contributed by atoms with Crippen molar-refractivity contribution in [1.29, 1.82) is 0 Å². The van der Waals surface area contributed by atoms with Crippen LogP contribution in [0.3, 0.4) is 0 Å². The monoisotopic (exact) mass is 426 g/mol. The Labute approximate surface area is 179 Å². The Morgan fingerprint density at radius 1 is 1.07 bits per heavy atom. The molecule has 0 bridgehead atoms. The van der Waals surface area contributed by atoms with E-state index in [1.165, 1.54) is 0 Å². The van der Waals surface area contributed by atoms with Gasteiger partial charge < -0.3 is 9.80 Å². The molecule has 1 saturated heterocycles. The average Bonchev–Trinajstić information content (AvgIpc) is 3.41. The van der Waals surface area contributed by atoms with Crippen LogP contribution in [0.4, 0.5) is 5.13 Å². The second kappa shape index (κ2) is 7.58. The van der Waals surface area contributed by atoms with Crippen LogP contribution in [0, 0.1) is 0 Å². The summed E-state index contributed by atoms with van der Waals surface area (Å²) in [4.78, 5) is 28.1. The van der Waals surface area contributed by atoms with Gasteiger partial charge in [0.2, 0.25) is 5.91 Å². The van der Waals surface area contributed by atoms with Gasteiger partial charge in [0.1, 0.15) is 10.3 Å². The van der Waals surface area contributed by atoms with Crippen LogP contribution >= 0.6 is 22.9 Å². The molecule has 0 spiro atoms. The van der Waals surface area contributed by atoms with Gasteiger partial charge in [0.25, 0.3) is 0 Å². The number of anilines is 1. The van der Waals surface area contributed by atoms with Crippen molar-refractivity contribution in [2.75, 3.05) is 31.1 Å². The number of pyridine rings is 1. The first-order chi connectivity index (χ1) is 14.2. The molecular weight excluding hydrogens is 404 g/mol. The predicted octanol–water partition coefficient (Wildman–Crippen LogP) is 4.51. The Kier molecular flexibility index (Phi) is 4.92. The topological polar surface area (TPSA) is 49.3 Å². The van der Waals surface area contributed by atoms with Crippen molar-refractivity contribution in [3.8, 4) is 0 Å². The zero-order valence-corrected chi connectivity index (χ0v) is 17.8. The first kappa shape index (κ1) is 18.8. The van der Waals surface area contributed by atoms with Crippen molar-refractivity contribution < 1.29 is 4.79 Å². The number of halogens is 1.